The van der Waals surface area contributed by atoms with E-state index in [2.05, 4.69) is 36.9 Å². The minimum absolute atomic E-state index is 0.0626. The number of hydrogen-bond acceptors (Lipinski definition) is 2. The highest BCUT2D eigenvalue weighted by Crippen LogP contribution is 2.14. The first-order chi connectivity index (χ1) is 8.15. The molecule has 1 N–H and O–H groups in total. The van der Waals surface area contributed by atoms with Crippen molar-refractivity contribution in [2.75, 3.05) is 19.6 Å². The minimum atomic E-state index is -0.0626. The van der Waals surface area contributed by atoms with Crippen molar-refractivity contribution in [2.24, 2.45) is 0 Å². The Bertz CT molecular complexity index is 367. The van der Waals surface area contributed by atoms with Crippen LogP contribution in [-0.4, -0.2) is 35.7 Å². The number of aliphatic hydroxyl groups is 1. The second-order valence-electron chi connectivity index (χ2n) is 5.25. The second-order valence-corrected chi connectivity index (χ2v) is 5.25. The zero-order chi connectivity index (χ0) is 12.3. The van der Waals surface area contributed by atoms with Crippen molar-refractivity contribution in [3.8, 4) is 0 Å². The number of nitrogens with zero attached hydrogens (tertiary/aromatic N) is 1. The van der Waals surface area contributed by atoms with Crippen molar-refractivity contribution >= 4 is 0 Å². The Morgan fingerprint density at radius 3 is 2.59 bits per heavy atom. The van der Waals surface area contributed by atoms with Crippen molar-refractivity contribution < 1.29 is 5.11 Å². The van der Waals surface area contributed by atoms with Gasteiger partial charge in [-0.2, -0.15) is 0 Å². The van der Waals surface area contributed by atoms with Crippen LogP contribution in [-0.2, 0) is 6.42 Å². The first-order valence-corrected chi connectivity index (χ1v) is 6.61. The lowest BCUT2D eigenvalue weighted by Crippen LogP contribution is -2.37. The Hall–Kier alpha value is -0.860. The van der Waals surface area contributed by atoms with Crippen LogP contribution in [0, 0.1) is 13.8 Å². The lowest BCUT2D eigenvalue weighted by Gasteiger charge is -2.29. The lowest BCUT2D eigenvalue weighted by molar-refractivity contribution is 0.0832. The molecule has 0 atom stereocenters. The highest BCUT2D eigenvalue weighted by atomic mass is 16.3. The van der Waals surface area contributed by atoms with Crippen LogP contribution in [0.2, 0.25) is 0 Å². The number of rotatable bonds is 3. The standard InChI is InChI=1S/C15H23NO/c1-12-3-4-14(13(2)11-12)5-8-16-9-6-15(17)7-10-16/h3-4,11,15,17H,5-10H2,1-2H3. The van der Waals surface area contributed by atoms with Crippen molar-refractivity contribution in [3.63, 3.8) is 0 Å². The molecule has 0 radical (unpaired) electrons. The van der Waals surface area contributed by atoms with E-state index in [1.165, 1.54) is 16.7 Å². The summed E-state index contributed by atoms with van der Waals surface area (Å²) in [5.74, 6) is 0. The third kappa shape index (κ3) is 3.55. The van der Waals surface area contributed by atoms with Gasteiger partial charge in [-0.25, -0.2) is 0 Å². The normalized spacial score (nSPS) is 18.5. The Labute approximate surface area is 104 Å². The van der Waals surface area contributed by atoms with Gasteiger partial charge in [0.1, 0.15) is 0 Å². The van der Waals surface area contributed by atoms with E-state index >= 15 is 0 Å². The van der Waals surface area contributed by atoms with E-state index in [9.17, 15) is 5.11 Å². The summed E-state index contributed by atoms with van der Waals surface area (Å²) < 4.78 is 0. The number of benzene rings is 1. The summed E-state index contributed by atoms with van der Waals surface area (Å²) in [4.78, 5) is 2.46. The van der Waals surface area contributed by atoms with Crippen LogP contribution in [0.15, 0.2) is 18.2 Å². The largest absolute Gasteiger partial charge is 0.393 e. The molecule has 1 heterocycles. The average molecular weight is 233 g/mol. The molecule has 1 saturated heterocycles. The Balaban J connectivity index is 1.85. The van der Waals surface area contributed by atoms with E-state index in [4.69, 9.17) is 0 Å². The SMILES string of the molecule is Cc1ccc(CCN2CCC(O)CC2)c(C)c1. The van der Waals surface area contributed by atoms with Gasteiger partial charge in [-0.05, 0) is 44.2 Å². The summed E-state index contributed by atoms with van der Waals surface area (Å²) >= 11 is 0. The fourth-order valence-corrected chi connectivity index (χ4v) is 2.55. The Morgan fingerprint density at radius 2 is 1.94 bits per heavy atom. The van der Waals surface area contributed by atoms with Crippen molar-refractivity contribution in [1.82, 2.24) is 4.90 Å². The van der Waals surface area contributed by atoms with Gasteiger partial charge in [-0.1, -0.05) is 23.8 Å². The summed E-state index contributed by atoms with van der Waals surface area (Å²) in [5, 5.41) is 9.46. The van der Waals surface area contributed by atoms with Crippen LogP contribution in [0.1, 0.15) is 29.5 Å². The van der Waals surface area contributed by atoms with E-state index < -0.39 is 0 Å². The first-order valence-electron chi connectivity index (χ1n) is 6.61. The quantitative estimate of drug-likeness (QED) is 0.866. The number of piperidine rings is 1. The molecule has 0 spiro atoms. The smallest absolute Gasteiger partial charge is 0.0564 e. The third-order valence-electron chi connectivity index (χ3n) is 3.75. The number of aliphatic hydroxyl groups excluding tert-OH is 1. The summed E-state index contributed by atoms with van der Waals surface area (Å²) in [7, 11) is 0. The van der Waals surface area contributed by atoms with Gasteiger partial charge in [0, 0.05) is 19.6 Å². The molecule has 0 bridgehead atoms. The van der Waals surface area contributed by atoms with Crippen molar-refractivity contribution in [2.45, 2.75) is 39.2 Å². The monoisotopic (exact) mass is 233 g/mol. The molecule has 94 valence electrons. The molecule has 2 heteroatoms. The molecule has 0 aliphatic carbocycles. The van der Waals surface area contributed by atoms with Crippen LogP contribution in [0.5, 0.6) is 0 Å². The van der Waals surface area contributed by atoms with Crippen LogP contribution >= 0.6 is 0 Å². The van der Waals surface area contributed by atoms with Crippen molar-refractivity contribution in [1.29, 1.82) is 0 Å². The predicted octanol–water partition coefficient (Wildman–Crippen LogP) is 2.30. The van der Waals surface area contributed by atoms with Gasteiger partial charge in [0.2, 0.25) is 0 Å². The van der Waals surface area contributed by atoms with Gasteiger partial charge in [-0.15, -0.1) is 0 Å². The van der Waals surface area contributed by atoms with Crippen LogP contribution in [0.25, 0.3) is 0 Å². The average Bonchev–Trinajstić information content (AvgIpc) is 2.30. The second kappa shape index (κ2) is 5.65. The molecule has 1 fully saturated rings. The van der Waals surface area contributed by atoms with Gasteiger partial charge in [0.05, 0.1) is 6.10 Å². The maximum absolute atomic E-state index is 9.46. The molecule has 0 saturated carbocycles. The highest BCUT2D eigenvalue weighted by molar-refractivity contribution is 5.30. The fourth-order valence-electron chi connectivity index (χ4n) is 2.55. The molecule has 1 aliphatic heterocycles. The maximum Gasteiger partial charge on any atom is 0.0564 e. The molecular weight excluding hydrogens is 210 g/mol. The molecule has 17 heavy (non-hydrogen) atoms. The van der Waals surface area contributed by atoms with Crippen molar-refractivity contribution in [3.05, 3.63) is 34.9 Å². The maximum atomic E-state index is 9.46. The lowest BCUT2D eigenvalue weighted by atomic mass is 10.0. The molecular formula is C15H23NO. The number of likely N-dealkylation sites (tertiary alicyclic amines) is 1. The minimum Gasteiger partial charge on any atom is -0.393 e. The highest BCUT2D eigenvalue weighted by Gasteiger charge is 2.16. The Morgan fingerprint density at radius 1 is 1.24 bits per heavy atom. The van der Waals surface area contributed by atoms with Gasteiger partial charge in [0.15, 0.2) is 0 Å². The predicted molar refractivity (Wildman–Crippen MR) is 71.3 cm³/mol. The van der Waals surface area contributed by atoms with Gasteiger partial charge in [-0.3, -0.25) is 0 Å². The topological polar surface area (TPSA) is 23.5 Å². The fraction of sp³-hybridized carbons (Fsp3) is 0.600. The van der Waals surface area contributed by atoms with Gasteiger partial charge in [0.25, 0.3) is 0 Å². The summed E-state index contributed by atoms with van der Waals surface area (Å²) in [6.07, 6.45) is 2.94. The van der Waals surface area contributed by atoms with E-state index in [0.717, 1.165) is 38.9 Å². The first kappa shape index (κ1) is 12.6. The molecule has 1 aromatic carbocycles. The molecule has 0 amide bonds. The van der Waals surface area contributed by atoms with E-state index in [0.29, 0.717) is 0 Å². The Kier molecular flexibility index (Phi) is 4.19. The molecule has 2 nitrogen and oxygen atoms in total. The molecule has 0 aromatic heterocycles. The third-order valence-corrected chi connectivity index (χ3v) is 3.75. The van der Waals surface area contributed by atoms with E-state index in [-0.39, 0.29) is 6.10 Å². The molecule has 0 unspecified atom stereocenters. The van der Waals surface area contributed by atoms with Crippen LogP contribution < -0.4 is 0 Å². The zero-order valence-electron chi connectivity index (χ0n) is 10.9. The van der Waals surface area contributed by atoms with Gasteiger partial charge < -0.3 is 10.0 Å². The van der Waals surface area contributed by atoms with Crippen LogP contribution in [0.4, 0.5) is 0 Å². The van der Waals surface area contributed by atoms with E-state index in [1.807, 2.05) is 0 Å². The molecule has 1 aromatic rings. The molecule has 2 rings (SSSR count). The zero-order valence-corrected chi connectivity index (χ0v) is 10.9. The van der Waals surface area contributed by atoms with Gasteiger partial charge >= 0.3 is 0 Å². The molecule has 1 aliphatic rings. The summed E-state index contributed by atoms with van der Waals surface area (Å²) in [6.45, 7) is 7.56. The summed E-state index contributed by atoms with van der Waals surface area (Å²) in [6, 6.07) is 6.71. The number of hydrogen-bond donors (Lipinski definition) is 1. The van der Waals surface area contributed by atoms with Crippen LogP contribution in [0.3, 0.4) is 0 Å². The van der Waals surface area contributed by atoms with E-state index in [1.54, 1.807) is 0 Å². The summed E-state index contributed by atoms with van der Waals surface area (Å²) in [5.41, 5.74) is 4.20. The number of aryl methyl sites for hydroxylation is 2.